The summed E-state index contributed by atoms with van der Waals surface area (Å²) >= 11 is 0. The van der Waals surface area contributed by atoms with E-state index in [0.29, 0.717) is 0 Å². The number of hydrogen-bond donors (Lipinski definition) is 3. The molecule has 0 bridgehead atoms. The maximum atomic E-state index is 12.0. The molecule has 0 aliphatic heterocycles. The molecule has 0 unspecified atom stereocenters. The van der Waals surface area contributed by atoms with Gasteiger partial charge in [-0.15, -0.1) is 10.2 Å². The number of hydrogen-bond acceptors (Lipinski definition) is 8. The molecule has 0 aliphatic carbocycles. The fourth-order valence-corrected chi connectivity index (χ4v) is 2.63. The highest BCUT2D eigenvalue weighted by atomic mass is 32.2. The molecule has 1 heterocycles. The summed E-state index contributed by atoms with van der Waals surface area (Å²) in [6.45, 7) is -0.259. The maximum absolute atomic E-state index is 12.0. The first-order chi connectivity index (χ1) is 9.42. The first-order valence-electron chi connectivity index (χ1n) is 5.16. The topological polar surface area (TPSA) is 170 Å². The number of para-hydroxylation sites is 1. The Morgan fingerprint density at radius 1 is 1.45 bits per heavy atom. The van der Waals surface area contributed by atoms with Gasteiger partial charge in [-0.25, -0.2) is 13.1 Å². The first kappa shape index (κ1) is 13.8. The molecule has 106 valence electrons. The number of nitrogens with two attached hydrogens (primary N) is 1. The summed E-state index contributed by atoms with van der Waals surface area (Å²) in [5.41, 5.74) is 4.52. The zero-order chi connectivity index (χ0) is 14.8. The van der Waals surface area contributed by atoms with Crippen LogP contribution in [0.15, 0.2) is 23.1 Å². The van der Waals surface area contributed by atoms with Crippen molar-refractivity contribution in [1.29, 1.82) is 0 Å². The van der Waals surface area contributed by atoms with Crippen LogP contribution in [0.2, 0.25) is 0 Å². The minimum absolute atomic E-state index is 0.0973. The van der Waals surface area contributed by atoms with Gasteiger partial charge in [-0.1, -0.05) is 11.3 Å². The number of anilines is 1. The lowest BCUT2D eigenvalue weighted by Gasteiger charge is -2.06. The predicted molar refractivity (Wildman–Crippen MR) is 65.7 cm³/mol. The normalized spacial score (nSPS) is 11.4. The Morgan fingerprint density at radius 3 is 2.80 bits per heavy atom. The number of nitro groups is 1. The fourth-order valence-electron chi connectivity index (χ4n) is 1.45. The minimum Gasteiger partial charge on any atom is -0.393 e. The number of nitrogens with one attached hydrogen (secondary N) is 2. The molecule has 0 saturated heterocycles. The summed E-state index contributed by atoms with van der Waals surface area (Å²) in [5.74, 6) is 0.0973. The molecule has 4 N–H and O–H groups in total. The maximum Gasteiger partial charge on any atom is 0.312 e. The van der Waals surface area contributed by atoms with Crippen molar-refractivity contribution in [1.82, 2.24) is 25.3 Å². The van der Waals surface area contributed by atoms with E-state index in [9.17, 15) is 18.5 Å². The predicted octanol–water partition coefficient (Wildman–Crippen LogP) is -0.831. The van der Waals surface area contributed by atoms with Crippen LogP contribution in [0.4, 0.5) is 11.4 Å². The van der Waals surface area contributed by atoms with Gasteiger partial charge in [-0.05, 0) is 12.1 Å². The molecule has 0 saturated carbocycles. The van der Waals surface area contributed by atoms with Crippen molar-refractivity contribution < 1.29 is 13.3 Å². The molecule has 20 heavy (non-hydrogen) atoms. The molecule has 0 spiro atoms. The number of nitro benzene ring substituents is 1. The highest BCUT2D eigenvalue weighted by Crippen LogP contribution is 2.29. The molecule has 0 amide bonds. The number of benzene rings is 1. The number of rotatable bonds is 5. The number of aromatic nitrogens is 4. The first-order valence-corrected chi connectivity index (χ1v) is 6.65. The van der Waals surface area contributed by atoms with Crippen LogP contribution in [-0.2, 0) is 16.6 Å². The van der Waals surface area contributed by atoms with Crippen molar-refractivity contribution in [2.45, 2.75) is 11.4 Å². The van der Waals surface area contributed by atoms with Crippen LogP contribution in [0.5, 0.6) is 0 Å². The van der Waals surface area contributed by atoms with Crippen LogP contribution in [-0.4, -0.2) is 34.0 Å². The van der Waals surface area contributed by atoms with Crippen LogP contribution in [0.3, 0.4) is 0 Å². The van der Waals surface area contributed by atoms with Gasteiger partial charge < -0.3 is 5.73 Å². The molecule has 1 aromatic heterocycles. The van der Waals surface area contributed by atoms with Crippen molar-refractivity contribution in [3.8, 4) is 0 Å². The number of nitrogens with zero attached hydrogens (tertiary/aromatic N) is 4. The van der Waals surface area contributed by atoms with E-state index in [1.54, 1.807) is 0 Å². The van der Waals surface area contributed by atoms with Gasteiger partial charge in [0, 0.05) is 0 Å². The number of tetrazole rings is 1. The summed E-state index contributed by atoms with van der Waals surface area (Å²) in [7, 11) is -4.13. The molecule has 11 nitrogen and oxygen atoms in total. The zero-order valence-corrected chi connectivity index (χ0v) is 10.7. The molecule has 1 aromatic carbocycles. The van der Waals surface area contributed by atoms with Crippen LogP contribution < -0.4 is 10.5 Å². The number of aromatic amines is 1. The van der Waals surface area contributed by atoms with Gasteiger partial charge in [0.25, 0.3) is 0 Å². The number of H-pyrrole nitrogens is 1. The molecular weight excluding hydrogens is 290 g/mol. The second-order valence-corrected chi connectivity index (χ2v) is 5.34. The molecule has 2 rings (SSSR count). The van der Waals surface area contributed by atoms with Crippen LogP contribution in [0.1, 0.15) is 5.82 Å². The van der Waals surface area contributed by atoms with Gasteiger partial charge in [0.15, 0.2) is 10.7 Å². The lowest BCUT2D eigenvalue weighted by Crippen LogP contribution is -2.25. The van der Waals surface area contributed by atoms with E-state index in [1.165, 1.54) is 12.1 Å². The van der Waals surface area contributed by atoms with Gasteiger partial charge in [0.2, 0.25) is 10.0 Å². The molecule has 12 heteroatoms. The van der Waals surface area contributed by atoms with Crippen LogP contribution in [0, 0.1) is 10.1 Å². The monoisotopic (exact) mass is 299 g/mol. The van der Waals surface area contributed by atoms with Crippen molar-refractivity contribution in [2.24, 2.45) is 0 Å². The van der Waals surface area contributed by atoms with E-state index in [2.05, 4.69) is 25.3 Å². The zero-order valence-electron chi connectivity index (χ0n) is 9.85. The average molecular weight is 299 g/mol. The summed E-state index contributed by atoms with van der Waals surface area (Å²) in [5, 5.41) is 23.4. The average Bonchev–Trinajstić information content (AvgIpc) is 2.89. The standard InChI is InChI=1S/C8H9N7O4S/c9-5-2-1-3-6(8(5)15(16)17)20(18,19)10-4-7-11-13-14-12-7/h1-3,10H,4,9H2,(H,11,12,13,14). The highest BCUT2D eigenvalue weighted by Gasteiger charge is 2.28. The lowest BCUT2D eigenvalue weighted by molar-refractivity contribution is -0.386. The molecular formula is C8H9N7O4S. The van der Waals surface area contributed by atoms with Crippen molar-refractivity contribution in [3.05, 3.63) is 34.1 Å². The van der Waals surface area contributed by atoms with E-state index in [-0.39, 0.29) is 18.1 Å². The highest BCUT2D eigenvalue weighted by molar-refractivity contribution is 7.89. The van der Waals surface area contributed by atoms with Crippen molar-refractivity contribution >= 4 is 21.4 Å². The summed E-state index contributed by atoms with van der Waals surface area (Å²) in [6.07, 6.45) is 0. The Hall–Kier alpha value is -2.60. The van der Waals surface area contributed by atoms with Gasteiger partial charge >= 0.3 is 5.69 Å². The third kappa shape index (κ3) is 2.70. The van der Waals surface area contributed by atoms with Gasteiger partial charge in [0.05, 0.1) is 11.5 Å². The Labute approximate surface area is 112 Å². The number of nitrogen functional groups attached to an aromatic ring is 1. The Morgan fingerprint density at radius 2 is 2.20 bits per heavy atom. The Balaban J connectivity index is 2.34. The fraction of sp³-hybridized carbons (Fsp3) is 0.125. The summed E-state index contributed by atoms with van der Waals surface area (Å²) in [4.78, 5) is 9.54. The van der Waals surface area contributed by atoms with Crippen molar-refractivity contribution in [3.63, 3.8) is 0 Å². The minimum atomic E-state index is -4.13. The van der Waals surface area contributed by atoms with Crippen LogP contribution in [0.25, 0.3) is 0 Å². The molecule has 0 atom stereocenters. The third-order valence-corrected chi connectivity index (χ3v) is 3.74. The van der Waals surface area contributed by atoms with E-state index in [0.717, 1.165) is 6.07 Å². The largest absolute Gasteiger partial charge is 0.393 e. The van der Waals surface area contributed by atoms with E-state index in [4.69, 9.17) is 5.73 Å². The Kier molecular flexibility index (Phi) is 3.58. The van der Waals surface area contributed by atoms with Gasteiger partial charge in [0.1, 0.15) is 5.69 Å². The van der Waals surface area contributed by atoms with E-state index < -0.39 is 25.5 Å². The van der Waals surface area contributed by atoms with Gasteiger partial charge in [-0.3, -0.25) is 10.1 Å². The Bertz CT molecular complexity index is 727. The van der Waals surface area contributed by atoms with Gasteiger partial charge in [-0.2, -0.15) is 5.21 Å². The molecule has 2 aromatic rings. The van der Waals surface area contributed by atoms with Crippen molar-refractivity contribution in [2.75, 3.05) is 5.73 Å². The summed E-state index contributed by atoms with van der Waals surface area (Å²) < 4.78 is 26.2. The second-order valence-electron chi connectivity index (χ2n) is 3.60. The molecule has 0 fully saturated rings. The van der Waals surface area contributed by atoms with E-state index >= 15 is 0 Å². The van der Waals surface area contributed by atoms with Crippen LogP contribution >= 0.6 is 0 Å². The SMILES string of the molecule is Nc1cccc(S(=O)(=O)NCc2nn[nH]n2)c1[N+](=O)[O-]. The van der Waals surface area contributed by atoms with E-state index in [1.807, 2.05) is 0 Å². The molecule has 0 radical (unpaired) electrons. The second kappa shape index (κ2) is 5.18. The quantitative estimate of drug-likeness (QED) is 0.364. The lowest BCUT2D eigenvalue weighted by atomic mass is 10.3. The third-order valence-electron chi connectivity index (χ3n) is 2.31. The smallest absolute Gasteiger partial charge is 0.312 e. The number of sulfonamides is 1. The summed E-state index contributed by atoms with van der Waals surface area (Å²) in [6, 6.07) is 3.65. The molecule has 0 aliphatic rings.